The van der Waals surface area contributed by atoms with Crippen molar-refractivity contribution in [2.45, 2.75) is 32.4 Å². The number of hydrogen-bond donors (Lipinski definition) is 0. The molecule has 0 saturated carbocycles. The second-order valence-electron chi connectivity index (χ2n) is 8.20. The van der Waals surface area contributed by atoms with Crippen LogP contribution in [-0.4, -0.2) is 17.1 Å². The van der Waals surface area contributed by atoms with Crippen molar-refractivity contribution in [3.8, 4) is 5.75 Å². The van der Waals surface area contributed by atoms with Crippen LogP contribution < -0.4 is 4.74 Å². The number of aromatic nitrogens is 1. The molecule has 0 bridgehead atoms. The number of halogens is 6. The lowest BCUT2D eigenvalue weighted by molar-refractivity contribution is -0.143. The Hall–Kier alpha value is -3.95. The summed E-state index contributed by atoms with van der Waals surface area (Å²) in [5.41, 5.74) is -1.98. The Morgan fingerprint density at radius 1 is 0.865 bits per heavy atom. The van der Waals surface area contributed by atoms with Crippen LogP contribution in [0, 0.1) is 0 Å². The third-order valence-electron chi connectivity index (χ3n) is 5.68. The summed E-state index contributed by atoms with van der Waals surface area (Å²) in [6, 6.07) is 17.1. The molecule has 4 aromatic rings. The molecular formula is C27H21F6NO3. The highest BCUT2D eigenvalue weighted by atomic mass is 19.4. The van der Waals surface area contributed by atoms with Crippen molar-refractivity contribution in [2.24, 2.45) is 0 Å². The zero-order valence-electron chi connectivity index (χ0n) is 19.5. The van der Waals surface area contributed by atoms with Crippen molar-refractivity contribution in [3.05, 3.63) is 101 Å². The second kappa shape index (κ2) is 10.2. The van der Waals surface area contributed by atoms with E-state index in [0.29, 0.717) is 22.7 Å². The first-order chi connectivity index (χ1) is 17.5. The Labute approximate surface area is 208 Å². The van der Waals surface area contributed by atoms with Gasteiger partial charge in [-0.1, -0.05) is 36.4 Å². The van der Waals surface area contributed by atoms with Gasteiger partial charge in [0.1, 0.15) is 18.1 Å². The molecule has 0 spiro atoms. The van der Waals surface area contributed by atoms with E-state index in [-0.39, 0.29) is 25.0 Å². The second-order valence-corrected chi connectivity index (χ2v) is 8.20. The first kappa shape index (κ1) is 26.1. The van der Waals surface area contributed by atoms with Gasteiger partial charge < -0.3 is 14.0 Å². The molecule has 0 unspecified atom stereocenters. The summed E-state index contributed by atoms with van der Waals surface area (Å²) >= 11 is 0. The largest absolute Gasteiger partial charge is 0.489 e. The molecule has 0 aliphatic rings. The molecule has 37 heavy (non-hydrogen) atoms. The molecule has 0 aliphatic heterocycles. The molecule has 0 radical (unpaired) electrons. The quantitative estimate of drug-likeness (QED) is 0.187. The molecule has 0 saturated heterocycles. The Morgan fingerprint density at radius 3 is 2.24 bits per heavy atom. The minimum absolute atomic E-state index is 0.0277. The van der Waals surface area contributed by atoms with Crippen LogP contribution in [-0.2, 0) is 30.2 Å². The number of carbonyl (C=O) groups excluding carboxylic acids is 1. The summed E-state index contributed by atoms with van der Waals surface area (Å²) in [7, 11) is 0. The van der Waals surface area contributed by atoms with Gasteiger partial charge in [-0.05, 0) is 54.4 Å². The van der Waals surface area contributed by atoms with E-state index in [1.807, 2.05) is 30.3 Å². The number of rotatable bonds is 7. The van der Waals surface area contributed by atoms with Gasteiger partial charge in [-0.15, -0.1) is 0 Å². The number of nitrogens with zero attached hydrogens (tertiary/aromatic N) is 1. The smallest absolute Gasteiger partial charge is 0.416 e. The zero-order valence-corrected chi connectivity index (χ0v) is 19.5. The van der Waals surface area contributed by atoms with Crippen LogP contribution in [0.4, 0.5) is 26.3 Å². The van der Waals surface area contributed by atoms with Crippen LogP contribution in [0.2, 0.25) is 0 Å². The highest BCUT2D eigenvalue weighted by Crippen LogP contribution is 2.38. The van der Waals surface area contributed by atoms with Crippen molar-refractivity contribution in [2.75, 3.05) is 6.61 Å². The minimum Gasteiger partial charge on any atom is -0.489 e. The fraction of sp³-hybridized carbons (Fsp3) is 0.222. The SMILES string of the molecule is CCOC(=O)c1cc2cc(OCc3ccccc3)ccc2n1Cc1ccc(C(F)(F)F)cc1C(F)(F)F. The van der Waals surface area contributed by atoms with E-state index in [2.05, 4.69) is 0 Å². The van der Waals surface area contributed by atoms with Crippen molar-refractivity contribution >= 4 is 16.9 Å². The van der Waals surface area contributed by atoms with Gasteiger partial charge in [0, 0.05) is 17.4 Å². The van der Waals surface area contributed by atoms with Gasteiger partial charge in [0.05, 0.1) is 17.7 Å². The molecule has 1 heterocycles. The normalized spacial score (nSPS) is 12.1. The first-order valence-corrected chi connectivity index (χ1v) is 11.2. The zero-order chi connectivity index (χ0) is 26.8. The van der Waals surface area contributed by atoms with Crippen LogP contribution in [0.25, 0.3) is 10.9 Å². The maximum atomic E-state index is 13.7. The van der Waals surface area contributed by atoms with Crippen LogP contribution >= 0.6 is 0 Å². The van der Waals surface area contributed by atoms with E-state index in [0.717, 1.165) is 11.6 Å². The highest BCUT2D eigenvalue weighted by Gasteiger charge is 2.38. The van der Waals surface area contributed by atoms with Crippen LogP contribution in [0.3, 0.4) is 0 Å². The number of benzene rings is 3. The molecule has 4 nitrogen and oxygen atoms in total. The topological polar surface area (TPSA) is 40.5 Å². The molecule has 10 heteroatoms. The lowest BCUT2D eigenvalue weighted by Gasteiger charge is -2.18. The van der Waals surface area contributed by atoms with Crippen molar-refractivity contribution in [3.63, 3.8) is 0 Å². The highest BCUT2D eigenvalue weighted by molar-refractivity contribution is 5.96. The number of hydrogen-bond acceptors (Lipinski definition) is 3. The predicted octanol–water partition coefficient (Wildman–Crippen LogP) is 7.48. The maximum Gasteiger partial charge on any atom is 0.416 e. The Morgan fingerprint density at radius 2 is 1.59 bits per heavy atom. The lowest BCUT2D eigenvalue weighted by atomic mass is 10.0. The predicted molar refractivity (Wildman–Crippen MR) is 124 cm³/mol. The molecule has 3 aromatic carbocycles. The summed E-state index contributed by atoms with van der Waals surface area (Å²) in [5.74, 6) is -0.305. The third-order valence-corrected chi connectivity index (χ3v) is 5.68. The minimum atomic E-state index is -5.04. The van der Waals surface area contributed by atoms with E-state index in [4.69, 9.17) is 9.47 Å². The van der Waals surface area contributed by atoms with Gasteiger partial charge in [-0.3, -0.25) is 0 Å². The molecule has 0 amide bonds. The summed E-state index contributed by atoms with van der Waals surface area (Å²) in [6.07, 6.45) is -9.98. The summed E-state index contributed by atoms with van der Waals surface area (Å²) < 4.78 is 92.6. The first-order valence-electron chi connectivity index (χ1n) is 11.2. The van der Waals surface area contributed by atoms with Crippen LogP contribution in [0.5, 0.6) is 5.75 Å². The third kappa shape index (κ3) is 5.90. The van der Waals surface area contributed by atoms with Gasteiger partial charge in [-0.2, -0.15) is 26.3 Å². The van der Waals surface area contributed by atoms with Crippen molar-refractivity contribution in [1.29, 1.82) is 0 Å². The van der Waals surface area contributed by atoms with Crippen molar-refractivity contribution in [1.82, 2.24) is 4.57 Å². The molecule has 1 aromatic heterocycles. The summed E-state index contributed by atoms with van der Waals surface area (Å²) in [5, 5.41) is 0.495. The average molecular weight is 521 g/mol. The number of ether oxygens (including phenoxy) is 2. The fourth-order valence-electron chi connectivity index (χ4n) is 3.95. The van der Waals surface area contributed by atoms with E-state index >= 15 is 0 Å². The maximum absolute atomic E-state index is 13.7. The Bertz CT molecular complexity index is 1410. The number of fused-ring (bicyclic) bond motifs is 1. The van der Waals surface area contributed by atoms with E-state index in [1.165, 1.54) is 10.6 Å². The molecular weight excluding hydrogens is 500 g/mol. The summed E-state index contributed by atoms with van der Waals surface area (Å²) in [6.45, 7) is 1.38. The van der Waals surface area contributed by atoms with Crippen LogP contribution in [0.15, 0.2) is 72.8 Å². The van der Waals surface area contributed by atoms with Crippen molar-refractivity contribution < 1.29 is 40.6 Å². The summed E-state index contributed by atoms with van der Waals surface area (Å²) in [4.78, 5) is 12.6. The number of carbonyl (C=O) groups is 1. The van der Waals surface area contributed by atoms with Gasteiger partial charge in [0.15, 0.2) is 0 Å². The number of alkyl halides is 6. The average Bonchev–Trinajstić information content (AvgIpc) is 3.20. The molecule has 0 fully saturated rings. The Kier molecular flexibility index (Phi) is 7.20. The van der Waals surface area contributed by atoms with Gasteiger partial charge >= 0.3 is 18.3 Å². The van der Waals surface area contributed by atoms with E-state index in [9.17, 15) is 31.1 Å². The van der Waals surface area contributed by atoms with Gasteiger partial charge in [0.2, 0.25) is 0 Å². The molecule has 0 N–H and O–H groups in total. The lowest BCUT2D eigenvalue weighted by Crippen LogP contribution is -2.17. The Balaban J connectivity index is 1.75. The molecule has 194 valence electrons. The van der Waals surface area contributed by atoms with E-state index in [1.54, 1.807) is 25.1 Å². The molecule has 0 aliphatic carbocycles. The molecule has 4 rings (SSSR count). The standard InChI is InChI=1S/C27H21F6NO3/c1-2-36-25(35)24-13-19-12-21(37-16-17-6-4-3-5-7-17)10-11-23(19)34(24)15-18-8-9-20(26(28,29)30)14-22(18)27(31,32)33/h3-14H,2,15-16H2,1H3. The van der Waals surface area contributed by atoms with Gasteiger partial charge in [-0.25, -0.2) is 4.79 Å². The molecule has 0 atom stereocenters. The van der Waals surface area contributed by atoms with Crippen LogP contribution in [0.1, 0.15) is 39.7 Å². The fourth-order valence-corrected chi connectivity index (χ4v) is 3.95. The van der Waals surface area contributed by atoms with Gasteiger partial charge in [0.25, 0.3) is 0 Å². The van der Waals surface area contributed by atoms with E-state index < -0.39 is 41.6 Å². The monoisotopic (exact) mass is 521 g/mol. The number of esters is 1.